The third kappa shape index (κ3) is 1.27. The van der Waals surface area contributed by atoms with Crippen molar-refractivity contribution in [2.45, 2.75) is 19.4 Å². The van der Waals surface area contributed by atoms with E-state index in [0.717, 1.165) is 0 Å². The van der Waals surface area contributed by atoms with Gasteiger partial charge in [-0.2, -0.15) is 0 Å². The normalized spacial score (nSPS) is 11.5. The molecule has 0 atom stereocenters. The monoisotopic (exact) mass is 153 g/mol. The summed E-state index contributed by atoms with van der Waals surface area (Å²) < 4.78 is 1.66. The minimum atomic E-state index is -0.844. The largest absolute Gasteiger partial charge is 0.480 e. The van der Waals surface area contributed by atoms with Crippen molar-refractivity contribution in [2.24, 2.45) is 0 Å². The number of rotatable bonds is 2. The summed E-state index contributed by atoms with van der Waals surface area (Å²) in [6.07, 6.45) is 3.49. The summed E-state index contributed by atoms with van der Waals surface area (Å²) in [6, 6.07) is 3.62. The molecule has 0 aliphatic heterocycles. The van der Waals surface area contributed by atoms with Crippen LogP contribution in [-0.4, -0.2) is 15.6 Å². The lowest BCUT2D eigenvalue weighted by Crippen LogP contribution is -2.34. The Morgan fingerprint density at radius 1 is 1.36 bits per heavy atom. The lowest BCUT2D eigenvalue weighted by molar-refractivity contribution is -0.145. The highest BCUT2D eigenvalue weighted by atomic mass is 16.4. The lowest BCUT2D eigenvalue weighted by Gasteiger charge is -2.21. The van der Waals surface area contributed by atoms with Crippen molar-refractivity contribution < 1.29 is 9.90 Å². The van der Waals surface area contributed by atoms with Crippen LogP contribution in [0.1, 0.15) is 13.8 Å². The molecule has 0 saturated heterocycles. The van der Waals surface area contributed by atoms with Crippen LogP contribution in [0.25, 0.3) is 0 Å². The lowest BCUT2D eigenvalue weighted by atomic mass is 10.1. The second-order valence-corrected chi connectivity index (χ2v) is 2.95. The summed E-state index contributed by atoms with van der Waals surface area (Å²) in [7, 11) is 0. The van der Waals surface area contributed by atoms with E-state index in [2.05, 4.69) is 0 Å². The molecule has 0 saturated carbocycles. The van der Waals surface area contributed by atoms with E-state index < -0.39 is 11.5 Å². The van der Waals surface area contributed by atoms with Gasteiger partial charge in [-0.3, -0.25) is 0 Å². The maximum atomic E-state index is 10.7. The molecule has 0 amide bonds. The molecule has 0 aliphatic carbocycles. The highest BCUT2D eigenvalue weighted by molar-refractivity contribution is 5.75. The molecule has 60 valence electrons. The molecule has 1 aromatic heterocycles. The van der Waals surface area contributed by atoms with Crippen LogP contribution in [0.5, 0.6) is 0 Å². The van der Waals surface area contributed by atoms with E-state index in [1.165, 1.54) is 0 Å². The summed E-state index contributed by atoms with van der Waals surface area (Å²) in [5, 5.41) is 8.79. The second-order valence-electron chi connectivity index (χ2n) is 2.95. The molecule has 0 aromatic carbocycles. The van der Waals surface area contributed by atoms with Crippen LogP contribution < -0.4 is 0 Å². The van der Waals surface area contributed by atoms with Gasteiger partial charge in [-0.1, -0.05) is 0 Å². The van der Waals surface area contributed by atoms with Gasteiger partial charge in [0, 0.05) is 12.4 Å². The molecule has 3 nitrogen and oxygen atoms in total. The minimum Gasteiger partial charge on any atom is -0.480 e. The molecule has 0 spiro atoms. The molecule has 1 N–H and O–H groups in total. The first-order valence-corrected chi connectivity index (χ1v) is 3.42. The van der Waals surface area contributed by atoms with E-state index in [9.17, 15) is 4.79 Å². The van der Waals surface area contributed by atoms with E-state index in [0.29, 0.717) is 0 Å². The molecule has 1 rings (SSSR count). The molecule has 0 radical (unpaired) electrons. The van der Waals surface area contributed by atoms with Gasteiger partial charge >= 0.3 is 5.97 Å². The molecule has 0 unspecified atom stereocenters. The van der Waals surface area contributed by atoms with Crippen molar-refractivity contribution in [3.63, 3.8) is 0 Å². The Kier molecular flexibility index (Phi) is 1.72. The minimum absolute atomic E-state index is 0.825. The standard InChI is InChI=1S/C8H11NO2/c1-8(2,7(10)11)9-5-3-4-6-9/h3-6H,1-2H3,(H,10,11). The molecule has 0 bridgehead atoms. The van der Waals surface area contributed by atoms with Gasteiger partial charge in [-0.25, -0.2) is 4.79 Å². The molecule has 1 aromatic rings. The van der Waals surface area contributed by atoms with E-state index >= 15 is 0 Å². The number of aliphatic carboxylic acids is 1. The van der Waals surface area contributed by atoms with Gasteiger partial charge in [0.05, 0.1) is 0 Å². The van der Waals surface area contributed by atoms with Gasteiger partial charge in [0.1, 0.15) is 5.54 Å². The van der Waals surface area contributed by atoms with Crippen molar-refractivity contribution in [3.05, 3.63) is 24.5 Å². The van der Waals surface area contributed by atoms with E-state index in [4.69, 9.17) is 5.11 Å². The number of hydrogen-bond acceptors (Lipinski definition) is 1. The summed E-state index contributed by atoms with van der Waals surface area (Å²) in [6.45, 7) is 3.32. The number of carbonyl (C=O) groups is 1. The van der Waals surface area contributed by atoms with Gasteiger partial charge in [-0.05, 0) is 26.0 Å². The average Bonchev–Trinajstić information content (AvgIpc) is 2.37. The summed E-state index contributed by atoms with van der Waals surface area (Å²) in [4.78, 5) is 10.7. The number of carboxylic acids is 1. The van der Waals surface area contributed by atoms with Gasteiger partial charge in [0.25, 0.3) is 0 Å². The molecule has 11 heavy (non-hydrogen) atoms. The molecular weight excluding hydrogens is 142 g/mol. The predicted molar refractivity (Wildman–Crippen MR) is 41.4 cm³/mol. The van der Waals surface area contributed by atoms with Gasteiger partial charge in [0.15, 0.2) is 0 Å². The van der Waals surface area contributed by atoms with Crippen LogP contribution in [0.15, 0.2) is 24.5 Å². The smallest absolute Gasteiger partial charge is 0.329 e. The van der Waals surface area contributed by atoms with Crippen LogP contribution in [-0.2, 0) is 10.3 Å². The Balaban J connectivity index is 3.00. The number of aromatic nitrogens is 1. The van der Waals surface area contributed by atoms with Crippen molar-refractivity contribution in [1.82, 2.24) is 4.57 Å². The maximum absolute atomic E-state index is 10.7. The molecule has 0 aliphatic rings. The average molecular weight is 153 g/mol. The Morgan fingerprint density at radius 3 is 2.18 bits per heavy atom. The zero-order valence-corrected chi connectivity index (χ0v) is 6.61. The first-order chi connectivity index (χ1) is 5.05. The van der Waals surface area contributed by atoms with Crippen LogP contribution in [0.4, 0.5) is 0 Å². The highest BCUT2D eigenvalue weighted by Gasteiger charge is 2.27. The molecule has 0 fully saturated rings. The SMILES string of the molecule is CC(C)(C(=O)O)n1cccc1. The first-order valence-electron chi connectivity index (χ1n) is 3.42. The van der Waals surface area contributed by atoms with Gasteiger partial charge in [-0.15, -0.1) is 0 Å². The van der Waals surface area contributed by atoms with Gasteiger partial charge in [0.2, 0.25) is 0 Å². The van der Waals surface area contributed by atoms with Gasteiger partial charge < -0.3 is 9.67 Å². The van der Waals surface area contributed by atoms with E-state index in [1.807, 2.05) is 12.1 Å². The Labute approximate surface area is 65.3 Å². The van der Waals surface area contributed by atoms with Crippen LogP contribution >= 0.6 is 0 Å². The fraction of sp³-hybridized carbons (Fsp3) is 0.375. The third-order valence-corrected chi connectivity index (χ3v) is 1.77. The van der Waals surface area contributed by atoms with Crippen molar-refractivity contribution in [1.29, 1.82) is 0 Å². The van der Waals surface area contributed by atoms with Crippen LogP contribution in [0.2, 0.25) is 0 Å². The first kappa shape index (κ1) is 7.85. The number of nitrogens with zero attached hydrogens (tertiary/aromatic N) is 1. The predicted octanol–water partition coefficient (Wildman–Crippen LogP) is 1.31. The summed E-state index contributed by atoms with van der Waals surface area (Å²) in [5.74, 6) is -0.825. The fourth-order valence-corrected chi connectivity index (χ4v) is 0.818. The van der Waals surface area contributed by atoms with Crippen molar-refractivity contribution in [2.75, 3.05) is 0 Å². The number of hydrogen-bond donors (Lipinski definition) is 1. The Morgan fingerprint density at radius 2 is 1.82 bits per heavy atom. The van der Waals surface area contributed by atoms with Crippen LogP contribution in [0.3, 0.4) is 0 Å². The Bertz CT molecular complexity index is 249. The second kappa shape index (κ2) is 2.42. The number of carboxylic acid groups (broad SMARTS) is 1. The Hall–Kier alpha value is -1.25. The highest BCUT2D eigenvalue weighted by Crippen LogP contribution is 2.14. The molecular formula is C8H11NO2. The molecule has 1 heterocycles. The van der Waals surface area contributed by atoms with Crippen molar-refractivity contribution >= 4 is 5.97 Å². The summed E-state index contributed by atoms with van der Waals surface area (Å²) >= 11 is 0. The maximum Gasteiger partial charge on any atom is 0.329 e. The third-order valence-electron chi connectivity index (χ3n) is 1.77. The fourth-order valence-electron chi connectivity index (χ4n) is 0.818. The summed E-state index contributed by atoms with van der Waals surface area (Å²) in [5.41, 5.74) is -0.844. The van der Waals surface area contributed by atoms with E-state index in [-0.39, 0.29) is 0 Å². The van der Waals surface area contributed by atoms with Crippen molar-refractivity contribution in [3.8, 4) is 0 Å². The quantitative estimate of drug-likeness (QED) is 0.696. The topological polar surface area (TPSA) is 42.2 Å². The zero-order valence-electron chi connectivity index (χ0n) is 6.61. The molecule has 3 heteroatoms. The van der Waals surface area contributed by atoms with Crippen LogP contribution in [0, 0.1) is 0 Å². The zero-order chi connectivity index (χ0) is 8.48. The van der Waals surface area contributed by atoms with E-state index in [1.54, 1.807) is 30.8 Å².